The molecule has 0 saturated heterocycles. The van der Waals surface area contributed by atoms with Gasteiger partial charge in [-0.1, -0.05) is 26.0 Å². The fourth-order valence-electron chi connectivity index (χ4n) is 1.47. The lowest BCUT2D eigenvalue weighted by Gasteiger charge is -2.09. The fourth-order valence-corrected chi connectivity index (χ4v) is 1.88. The van der Waals surface area contributed by atoms with Gasteiger partial charge in [0.1, 0.15) is 5.82 Å². The minimum atomic E-state index is -0.220. The van der Waals surface area contributed by atoms with Gasteiger partial charge in [-0.2, -0.15) is 0 Å². The number of hydrogen-bond acceptors (Lipinski definition) is 2. The summed E-state index contributed by atoms with van der Waals surface area (Å²) in [5, 5.41) is 3.24. The molecule has 0 heterocycles. The van der Waals surface area contributed by atoms with Crippen LogP contribution in [0.3, 0.4) is 0 Å². The van der Waals surface area contributed by atoms with Gasteiger partial charge in [0.2, 0.25) is 0 Å². The number of nitrogens with one attached hydrogen (secondary N) is 1. The van der Waals surface area contributed by atoms with E-state index < -0.39 is 0 Å². The van der Waals surface area contributed by atoms with Crippen molar-refractivity contribution < 1.29 is 9.13 Å². The van der Waals surface area contributed by atoms with E-state index in [-0.39, 0.29) is 5.82 Å². The molecule has 0 aliphatic heterocycles. The van der Waals surface area contributed by atoms with E-state index in [0.29, 0.717) is 23.5 Å². The van der Waals surface area contributed by atoms with Gasteiger partial charge in [-0.05, 0) is 39.9 Å². The molecule has 0 radical (unpaired) electrons. The van der Waals surface area contributed by atoms with Gasteiger partial charge in [0.25, 0.3) is 0 Å². The highest BCUT2D eigenvalue weighted by Gasteiger charge is 2.03. The van der Waals surface area contributed by atoms with E-state index in [4.69, 9.17) is 4.74 Å². The number of hydrogen-bond donors (Lipinski definition) is 1. The summed E-state index contributed by atoms with van der Waals surface area (Å²) in [7, 11) is 0. The van der Waals surface area contributed by atoms with Crippen LogP contribution in [0.1, 0.15) is 25.8 Å². The van der Waals surface area contributed by atoms with Crippen LogP contribution in [0.4, 0.5) is 4.39 Å². The summed E-state index contributed by atoms with van der Waals surface area (Å²) in [5.41, 5.74) is 0.928. The first-order valence-corrected chi connectivity index (χ1v) is 7.12. The Bertz CT molecular complexity index is 358. The summed E-state index contributed by atoms with van der Waals surface area (Å²) >= 11 is 3.24. The van der Waals surface area contributed by atoms with Crippen molar-refractivity contribution in [2.75, 3.05) is 19.8 Å². The molecule has 0 bridgehead atoms. The molecule has 0 atom stereocenters. The lowest BCUT2D eigenvalue weighted by Crippen LogP contribution is -2.20. The first-order valence-electron chi connectivity index (χ1n) is 6.32. The Balaban J connectivity index is 2.13. The molecule has 0 saturated carbocycles. The van der Waals surface area contributed by atoms with Crippen LogP contribution in [0.15, 0.2) is 22.7 Å². The lowest BCUT2D eigenvalue weighted by molar-refractivity contribution is 0.125. The summed E-state index contributed by atoms with van der Waals surface area (Å²) in [6.45, 7) is 7.29. The normalized spacial score (nSPS) is 11.2. The average molecular weight is 318 g/mol. The highest BCUT2D eigenvalue weighted by Crippen LogP contribution is 2.19. The predicted molar refractivity (Wildman–Crippen MR) is 76.1 cm³/mol. The van der Waals surface area contributed by atoms with Crippen LogP contribution in [0.5, 0.6) is 0 Å². The third kappa shape index (κ3) is 5.94. The van der Waals surface area contributed by atoms with E-state index >= 15 is 0 Å². The molecule has 0 spiro atoms. The van der Waals surface area contributed by atoms with E-state index in [9.17, 15) is 4.39 Å². The number of ether oxygens (including phenoxy) is 1. The van der Waals surface area contributed by atoms with Crippen LogP contribution in [0.25, 0.3) is 0 Å². The average Bonchev–Trinajstić information content (AvgIpc) is 2.32. The second-order valence-electron chi connectivity index (χ2n) is 4.68. The Kier molecular flexibility index (Phi) is 7.47. The minimum Gasteiger partial charge on any atom is -0.380 e. The van der Waals surface area contributed by atoms with Crippen LogP contribution in [-0.2, 0) is 11.3 Å². The quantitative estimate of drug-likeness (QED) is 0.737. The molecule has 18 heavy (non-hydrogen) atoms. The topological polar surface area (TPSA) is 21.3 Å². The van der Waals surface area contributed by atoms with Crippen LogP contribution < -0.4 is 5.32 Å². The number of halogens is 2. The molecule has 0 amide bonds. The molecule has 1 aromatic rings. The second kappa shape index (κ2) is 8.62. The molecule has 102 valence electrons. The summed E-state index contributed by atoms with van der Waals surface area (Å²) < 4.78 is 19.3. The van der Waals surface area contributed by atoms with E-state index in [1.54, 1.807) is 6.07 Å². The smallest absolute Gasteiger partial charge is 0.137 e. The third-order valence-electron chi connectivity index (χ3n) is 2.61. The Morgan fingerprint density at radius 3 is 2.83 bits per heavy atom. The monoisotopic (exact) mass is 317 g/mol. The van der Waals surface area contributed by atoms with Gasteiger partial charge in [-0.25, -0.2) is 4.39 Å². The van der Waals surface area contributed by atoms with Gasteiger partial charge < -0.3 is 10.1 Å². The van der Waals surface area contributed by atoms with E-state index in [0.717, 1.165) is 25.1 Å². The van der Waals surface area contributed by atoms with E-state index in [1.807, 2.05) is 6.07 Å². The molecule has 0 aliphatic rings. The largest absolute Gasteiger partial charge is 0.380 e. The molecule has 0 unspecified atom stereocenters. The van der Waals surface area contributed by atoms with Gasteiger partial charge in [0.05, 0.1) is 11.1 Å². The zero-order chi connectivity index (χ0) is 13.4. The molecule has 1 N–H and O–H groups in total. The van der Waals surface area contributed by atoms with Crippen molar-refractivity contribution >= 4 is 15.9 Å². The molecular formula is C14H21BrFNO. The molecular weight excluding hydrogens is 297 g/mol. The van der Waals surface area contributed by atoms with Gasteiger partial charge in [-0.15, -0.1) is 0 Å². The fraction of sp³-hybridized carbons (Fsp3) is 0.571. The maximum absolute atomic E-state index is 13.2. The first kappa shape index (κ1) is 15.6. The predicted octanol–water partition coefficient (Wildman–Crippen LogP) is 3.74. The van der Waals surface area contributed by atoms with Gasteiger partial charge in [0.15, 0.2) is 0 Å². The highest BCUT2D eigenvalue weighted by atomic mass is 79.9. The van der Waals surface area contributed by atoms with Crippen molar-refractivity contribution in [3.05, 3.63) is 34.1 Å². The molecule has 1 rings (SSSR count). The lowest BCUT2D eigenvalue weighted by atomic mass is 10.1. The van der Waals surface area contributed by atoms with Gasteiger partial charge in [0, 0.05) is 19.7 Å². The van der Waals surface area contributed by atoms with Crippen LogP contribution in [0.2, 0.25) is 0 Å². The zero-order valence-corrected chi connectivity index (χ0v) is 12.6. The van der Waals surface area contributed by atoms with Crippen molar-refractivity contribution in [3.63, 3.8) is 0 Å². The Hall–Kier alpha value is -0.450. The van der Waals surface area contributed by atoms with Crippen LogP contribution in [0, 0.1) is 11.7 Å². The van der Waals surface area contributed by atoms with E-state index in [2.05, 4.69) is 35.1 Å². The highest BCUT2D eigenvalue weighted by molar-refractivity contribution is 9.10. The van der Waals surface area contributed by atoms with Crippen molar-refractivity contribution in [2.24, 2.45) is 5.92 Å². The van der Waals surface area contributed by atoms with Crippen molar-refractivity contribution in [3.8, 4) is 0 Å². The van der Waals surface area contributed by atoms with Crippen LogP contribution >= 0.6 is 15.9 Å². The molecule has 1 aromatic carbocycles. The van der Waals surface area contributed by atoms with E-state index in [1.165, 1.54) is 6.07 Å². The maximum Gasteiger partial charge on any atom is 0.137 e. The SMILES string of the molecule is CC(C)CCOCCNCc1cccc(F)c1Br. The molecule has 0 aliphatic carbocycles. The summed E-state index contributed by atoms with van der Waals surface area (Å²) in [6, 6.07) is 5.07. The van der Waals surface area contributed by atoms with Crippen molar-refractivity contribution in [1.29, 1.82) is 0 Å². The molecule has 0 fully saturated rings. The molecule has 0 aromatic heterocycles. The Morgan fingerprint density at radius 2 is 2.11 bits per heavy atom. The van der Waals surface area contributed by atoms with Crippen molar-refractivity contribution in [1.82, 2.24) is 5.32 Å². The Labute approximate surface area is 117 Å². The summed E-state index contributed by atoms with van der Waals surface area (Å²) in [6.07, 6.45) is 1.09. The molecule has 2 nitrogen and oxygen atoms in total. The number of benzene rings is 1. The Morgan fingerprint density at radius 1 is 1.33 bits per heavy atom. The number of rotatable bonds is 8. The standard InChI is InChI=1S/C14H21BrFNO/c1-11(2)6-8-18-9-7-17-10-12-4-3-5-13(16)14(12)15/h3-5,11,17H,6-10H2,1-2H3. The van der Waals surface area contributed by atoms with Crippen molar-refractivity contribution in [2.45, 2.75) is 26.8 Å². The van der Waals surface area contributed by atoms with Gasteiger partial charge >= 0.3 is 0 Å². The summed E-state index contributed by atoms with van der Waals surface area (Å²) in [4.78, 5) is 0. The second-order valence-corrected chi connectivity index (χ2v) is 5.48. The first-order chi connectivity index (χ1) is 8.61. The van der Waals surface area contributed by atoms with Gasteiger partial charge in [-0.3, -0.25) is 0 Å². The zero-order valence-electron chi connectivity index (χ0n) is 11.0. The third-order valence-corrected chi connectivity index (χ3v) is 3.50. The van der Waals surface area contributed by atoms with Crippen LogP contribution in [-0.4, -0.2) is 19.8 Å². The molecule has 4 heteroatoms. The maximum atomic E-state index is 13.2. The minimum absolute atomic E-state index is 0.220. The summed E-state index contributed by atoms with van der Waals surface area (Å²) in [5.74, 6) is 0.462.